The van der Waals surface area contributed by atoms with E-state index < -0.39 is 11.5 Å². The van der Waals surface area contributed by atoms with Gasteiger partial charge in [0.2, 0.25) is 11.5 Å². The van der Waals surface area contributed by atoms with Crippen LogP contribution in [0, 0.1) is 0 Å². The van der Waals surface area contributed by atoms with Crippen LogP contribution in [0.3, 0.4) is 0 Å². The van der Waals surface area contributed by atoms with Gasteiger partial charge in [0.05, 0.1) is 40.0 Å². The van der Waals surface area contributed by atoms with E-state index in [2.05, 4.69) is 0 Å². The molecular weight excluding hydrogens is 392 g/mol. The van der Waals surface area contributed by atoms with E-state index in [1.54, 1.807) is 13.0 Å². The molecule has 2 atom stereocenters. The lowest BCUT2D eigenvalue weighted by molar-refractivity contribution is -0.124. The summed E-state index contributed by atoms with van der Waals surface area (Å²) in [6, 6.07) is 3.08. The number of aliphatic hydroxyl groups is 1. The SMILES string of the molecule is COc1cc2c(c(OC)c1O)-c1c(cc(OC)c(O)c1OC)[C@@H](C(C)=O)[C@](C)(O)C2. The lowest BCUT2D eigenvalue weighted by Crippen LogP contribution is -2.38. The summed E-state index contributed by atoms with van der Waals surface area (Å²) in [7, 11) is 5.54. The van der Waals surface area contributed by atoms with E-state index in [0.717, 1.165) is 0 Å². The molecule has 3 rings (SSSR count). The maximum atomic E-state index is 12.7. The maximum Gasteiger partial charge on any atom is 0.201 e. The minimum absolute atomic E-state index is 0.0393. The predicted octanol–water partition coefficient (Wildman–Crippen LogP) is 2.78. The van der Waals surface area contributed by atoms with Crippen LogP contribution in [0.4, 0.5) is 0 Å². The molecule has 30 heavy (non-hydrogen) atoms. The van der Waals surface area contributed by atoms with Crippen molar-refractivity contribution in [1.29, 1.82) is 0 Å². The lowest BCUT2D eigenvalue weighted by Gasteiger charge is -2.31. The first-order valence-corrected chi connectivity index (χ1v) is 9.30. The fraction of sp³-hybridized carbons (Fsp3) is 0.409. The molecule has 0 aliphatic heterocycles. The number of methoxy groups -OCH3 is 4. The van der Waals surface area contributed by atoms with Crippen LogP contribution in [0.25, 0.3) is 11.1 Å². The number of aromatic hydroxyl groups is 2. The monoisotopic (exact) mass is 418 g/mol. The van der Waals surface area contributed by atoms with E-state index >= 15 is 0 Å². The molecule has 0 aromatic heterocycles. The van der Waals surface area contributed by atoms with Crippen LogP contribution >= 0.6 is 0 Å². The highest BCUT2D eigenvalue weighted by molar-refractivity contribution is 5.95. The highest BCUT2D eigenvalue weighted by Gasteiger charge is 2.44. The molecule has 1 aliphatic rings. The summed E-state index contributed by atoms with van der Waals surface area (Å²) in [5.74, 6) is -1.39. The van der Waals surface area contributed by atoms with E-state index in [-0.39, 0.29) is 46.7 Å². The van der Waals surface area contributed by atoms with Gasteiger partial charge in [-0.3, -0.25) is 4.79 Å². The molecule has 2 aromatic carbocycles. The highest BCUT2D eigenvalue weighted by atomic mass is 16.5. The Balaban J connectivity index is 2.60. The number of phenolic OH excluding ortho intramolecular Hbond substituents is 2. The molecule has 0 spiro atoms. The Labute approximate surface area is 174 Å². The first-order chi connectivity index (χ1) is 14.1. The maximum absolute atomic E-state index is 12.7. The van der Waals surface area contributed by atoms with Gasteiger partial charge in [-0.2, -0.15) is 0 Å². The molecule has 0 saturated carbocycles. The van der Waals surface area contributed by atoms with Gasteiger partial charge in [-0.1, -0.05) is 0 Å². The Hall–Kier alpha value is -3.13. The molecule has 8 heteroatoms. The standard InChI is InChI=1S/C22H26O8/c1-10(23)17-12-8-14(28-4)19(25)21(30-6)16(12)15-11(9-22(17,2)26)7-13(27-3)18(24)20(15)29-5/h7-8,17,24-26H,9H2,1-6H3/t17-,22-/m1/s1. The Morgan fingerprint density at radius 3 is 1.90 bits per heavy atom. The highest BCUT2D eigenvalue weighted by Crippen LogP contribution is 2.58. The summed E-state index contributed by atoms with van der Waals surface area (Å²) in [5.41, 5.74) is 0.175. The van der Waals surface area contributed by atoms with E-state index in [1.807, 2.05) is 0 Å². The smallest absolute Gasteiger partial charge is 0.201 e. The van der Waals surface area contributed by atoms with Crippen LogP contribution < -0.4 is 18.9 Å². The number of benzene rings is 2. The quantitative estimate of drug-likeness (QED) is 0.679. The van der Waals surface area contributed by atoms with Crippen LogP contribution in [0.5, 0.6) is 34.5 Å². The predicted molar refractivity (Wildman–Crippen MR) is 109 cm³/mol. The number of carbonyl (C=O) groups excluding carboxylic acids is 1. The van der Waals surface area contributed by atoms with Crippen LogP contribution in [-0.2, 0) is 11.2 Å². The van der Waals surface area contributed by atoms with Crippen molar-refractivity contribution in [2.45, 2.75) is 31.8 Å². The lowest BCUT2D eigenvalue weighted by atomic mass is 9.78. The number of rotatable bonds is 5. The van der Waals surface area contributed by atoms with Crippen LogP contribution in [0.2, 0.25) is 0 Å². The van der Waals surface area contributed by atoms with Crippen LogP contribution in [0.1, 0.15) is 30.9 Å². The molecule has 162 valence electrons. The number of ketones is 1. The second-order valence-electron chi connectivity index (χ2n) is 7.50. The Morgan fingerprint density at radius 2 is 1.43 bits per heavy atom. The third kappa shape index (κ3) is 3.08. The van der Waals surface area contributed by atoms with Crippen molar-refractivity contribution in [3.05, 3.63) is 23.3 Å². The Bertz CT molecular complexity index is 1010. The summed E-state index contributed by atoms with van der Waals surface area (Å²) < 4.78 is 21.5. The first kappa shape index (κ1) is 21.6. The normalized spacial score (nSPS) is 19.9. The number of Topliss-reactive ketones (excluding diaryl/α,β-unsaturated/α-hetero) is 1. The summed E-state index contributed by atoms with van der Waals surface area (Å²) in [6.07, 6.45) is 0.0560. The second-order valence-corrected chi connectivity index (χ2v) is 7.50. The molecule has 3 N–H and O–H groups in total. The minimum atomic E-state index is -1.49. The first-order valence-electron chi connectivity index (χ1n) is 9.30. The van der Waals surface area contributed by atoms with Gasteiger partial charge in [0, 0.05) is 17.5 Å². The topological polar surface area (TPSA) is 115 Å². The molecule has 0 radical (unpaired) electrons. The van der Waals surface area contributed by atoms with Crippen molar-refractivity contribution in [3.63, 3.8) is 0 Å². The molecule has 0 saturated heterocycles. The van der Waals surface area contributed by atoms with Crippen molar-refractivity contribution in [1.82, 2.24) is 0 Å². The molecule has 8 nitrogen and oxygen atoms in total. The average molecular weight is 418 g/mol. The van der Waals surface area contributed by atoms with Crippen LogP contribution in [-0.4, -0.2) is 55.1 Å². The molecule has 0 unspecified atom stereocenters. The molecular formula is C22H26O8. The minimum Gasteiger partial charge on any atom is -0.502 e. The van der Waals surface area contributed by atoms with E-state index in [9.17, 15) is 20.1 Å². The third-order valence-corrected chi connectivity index (χ3v) is 5.54. The number of carbonyl (C=O) groups is 1. The number of fused-ring (bicyclic) bond motifs is 3. The van der Waals surface area contributed by atoms with Gasteiger partial charge in [-0.05, 0) is 37.1 Å². The molecule has 0 fully saturated rings. The van der Waals surface area contributed by atoms with Gasteiger partial charge >= 0.3 is 0 Å². The van der Waals surface area contributed by atoms with E-state index in [1.165, 1.54) is 41.4 Å². The third-order valence-electron chi connectivity index (χ3n) is 5.54. The summed E-state index contributed by atoms with van der Waals surface area (Å²) in [5, 5.41) is 32.8. The van der Waals surface area contributed by atoms with Gasteiger partial charge in [0.15, 0.2) is 23.0 Å². The Morgan fingerprint density at radius 1 is 0.933 bits per heavy atom. The molecule has 1 aliphatic carbocycles. The zero-order chi connectivity index (χ0) is 22.4. The van der Waals surface area contributed by atoms with Gasteiger partial charge < -0.3 is 34.3 Å². The fourth-order valence-corrected chi connectivity index (χ4v) is 4.41. The number of hydrogen-bond acceptors (Lipinski definition) is 8. The number of hydrogen-bond donors (Lipinski definition) is 3. The molecule has 0 bridgehead atoms. The van der Waals surface area contributed by atoms with Gasteiger partial charge in [0.1, 0.15) is 5.78 Å². The summed E-state index contributed by atoms with van der Waals surface area (Å²) in [4.78, 5) is 12.7. The van der Waals surface area contributed by atoms with Crippen molar-refractivity contribution in [3.8, 4) is 45.6 Å². The largest absolute Gasteiger partial charge is 0.502 e. The summed E-state index contributed by atoms with van der Waals surface area (Å²) in [6.45, 7) is 2.95. The number of ether oxygens (including phenoxy) is 4. The van der Waals surface area contributed by atoms with Crippen molar-refractivity contribution < 1.29 is 39.1 Å². The van der Waals surface area contributed by atoms with Crippen molar-refractivity contribution in [2.75, 3.05) is 28.4 Å². The van der Waals surface area contributed by atoms with Crippen molar-refractivity contribution in [2.24, 2.45) is 0 Å². The van der Waals surface area contributed by atoms with E-state index in [4.69, 9.17) is 18.9 Å². The van der Waals surface area contributed by atoms with E-state index in [0.29, 0.717) is 22.3 Å². The molecule has 0 heterocycles. The zero-order valence-corrected chi connectivity index (χ0v) is 17.8. The van der Waals surface area contributed by atoms with Crippen LogP contribution in [0.15, 0.2) is 12.1 Å². The second kappa shape index (κ2) is 7.60. The van der Waals surface area contributed by atoms with Gasteiger partial charge in [-0.25, -0.2) is 0 Å². The average Bonchev–Trinajstić information content (AvgIpc) is 2.78. The van der Waals surface area contributed by atoms with Crippen molar-refractivity contribution >= 4 is 5.78 Å². The zero-order valence-electron chi connectivity index (χ0n) is 17.8. The fourth-order valence-electron chi connectivity index (χ4n) is 4.41. The number of phenols is 2. The summed E-state index contributed by atoms with van der Waals surface area (Å²) >= 11 is 0. The molecule has 0 amide bonds. The Kier molecular flexibility index (Phi) is 5.47. The molecule has 2 aromatic rings. The van der Waals surface area contributed by atoms with Gasteiger partial charge in [-0.15, -0.1) is 0 Å². The van der Waals surface area contributed by atoms with Gasteiger partial charge in [0.25, 0.3) is 0 Å².